The van der Waals surface area contributed by atoms with Crippen molar-refractivity contribution < 1.29 is 9.53 Å². The number of aryl methyl sites for hydroxylation is 1. The van der Waals surface area contributed by atoms with E-state index in [0.29, 0.717) is 17.9 Å². The molecule has 32 heavy (non-hydrogen) atoms. The molecule has 0 spiro atoms. The molecule has 0 fully saturated rings. The lowest BCUT2D eigenvalue weighted by atomic mass is 10.1. The van der Waals surface area contributed by atoms with E-state index in [9.17, 15) is 4.79 Å². The molecule has 166 valence electrons. The van der Waals surface area contributed by atoms with Crippen LogP contribution in [0.3, 0.4) is 0 Å². The number of anilines is 2. The van der Waals surface area contributed by atoms with Crippen LogP contribution >= 0.6 is 12.2 Å². The zero-order valence-electron chi connectivity index (χ0n) is 18.7. The number of nitrogens with one attached hydrogen (secondary N) is 2. The molecule has 0 aliphatic rings. The summed E-state index contributed by atoms with van der Waals surface area (Å²) in [6.45, 7) is 8.63. The molecule has 0 bridgehead atoms. The maximum atomic E-state index is 12.7. The van der Waals surface area contributed by atoms with Crippen molar-refractivity contribution in [3.63, 3.8) is 0 Å². The fourth-order valence-corrected chi connectivity index (χ4v) is 3.57. The first-order valence-electron chi connectivity index (χ1n) is 10.7. The van der Waals surface area contributed by atoms with Gasteiger partial charge in [-0.15, -0.1) is 0 Å². The number of amides is 1. The fourth-order valence-electron chi connectivity index (χ4n) is 3.37. The summed E-state index contributed by atoms with van der Waals surface area (Å²) in [5, 5.41) is 6.13. The van der Waals surface area contributed by atoms with Gasteiger partial charge in [-0.05, 0) is 80.5 Å². The van der Waals surface area contributed by atoms with Gasteiger partial charge in [0.1, 0.15) is 12.4 Å². The monoisotopic (exact) mass is 447 g/mol. The van der Waals surface area contributed by atoms with Gasteiger partial charge in [0.2, 0.25) is 0 Å². The van der Waals surface area contributed by atoms with Crippen molar-refractivity contribution in [2.45, 2.75) is 27.4 Å². The van der Waals surface area contributed by atoms with Gasteiger partial charge >= 0.3 is 0 Å². The predicted octanol–water partition coefficient (Wildman–Crippen LogP) is 5.55. The third-order valence-electron chi connectivity index (χ3n) is 5.16. The smallest absolute Gasteiger partial charge is 0.257 e. The molecule has 0 heterocycles. The molecular formula is C26H29N3O2S. The molecule has 0 aliphatic heterocycles. The first-order valence-corrected chi connectivity index (χ1v) is 11.2. The summed E-state index contributed by atoms with van der Waals surface area (Å²) in [5.41, 5.74) is 4.64. The normalized spacial score (nSPS) is 10.3. The molecule has 3 aromatic carbocycles. The lowest BCUT2D eigenvalue weighted by Gasteiger charge is -2.22. The number of hydrogen-bond donors (Lipinski definition) is 2. The average Bonchev–Trinajstić information content (AvgIpc) is 2.81. The number of carbonyl (C=O) groups is 1. The fraction of sp³-hybridized carbons (Fsp3) is 0.231. The Bertz CT molecular complexity index is 1070. The number of rotatable bonds is 8. The Morgan fingerprint density at radius 1 is 0.969 bits per heavy atom. The summed E-state index contributed by atoms with van der Waals surface area (Å²) < 4.78 is 5.82. The van der Waals surface area contributed by atoms with Gasteiger partial charge in [-0.2, -0.15) is 0 Å². The van der Waals surface area contributed by atoms with Crippen molar-refractivity contribution in [2.24, 2.45) is 0 Å². The number of thiocarbonyl (C=S) groups is 1. The Balaban J connectivity index is 1.59. The van der Waals surface area contributed by atoms with E-state index in [1.807, 2.05) is 49.4 Å². The van der Waals surface area contributed by atoms with Crippen LogP contribution in [-0.2, 0) is 6.61 Å². The van der Waals surface area contributed by atoms with Crippen LogP contribution < -0.4 is 20.3 Å². The third-order valence-corrected chi connectivity index (χ3v) is 5.36. The second-order valence-corrected chi connectivity index (χ2v) is 7.79. The summed E-state index contributed by atoms with van der Waals surface area (Å²) in [7, 11) is 0. The van der Waals surface area contributed by atoms with Crippen molar-refractivity contribution in [3.8, 4) is 5.75 Å². The van der Waals surface area contributed by atoms with Crippen LogP contribution in [0.15, 0.2) is 72.8 Å². The van der Waals surface area contributed by atoms with Gasteiger partial charge < -0.3 is 15.0 Å². The Morgan fingerprint density at radius 2 is 1.72 bits per heavy atom. The molecule has 3 rings (SSSR count). The first kappa shape index (κ1) is 23.3. The van der Waals surface area contributed by atoms with E-state index in [1.54, 1.807) is 18.2 Å². The van der Waals surface area contributed by atoms with Crippen molar-refractivity contribution in [2.75, 3.05) is 23.3 Å². The van der Waals surface area contributed by atoms with E-state index < -0.39 is 0 Å². The second kappa shape index (κ2) is 11.3. The van der Waals surface area contributed by atoms with Crippen molar-refractivity contribution in [1.82, 2.24) is 5.32 Å². The molecule has 3 aromatic rings. The van der Waals surface area contributed by atoms with E-state index in [1.165, 1.54) is 5.69 Å². The van der Waals surface area contributed by atoms with E-state index in [-0.39, 0.29) is 11.0 Å². The molecule has 0 aliphatic carbocycles. The van der Waals surface area contributed by atoms with Crippen LogP contribution in [0.2, 0.25) is 0 Å². The predicted molar refractivity (Wildman–Crippen MR) is 136 cm³/mol. The topological polar surface area (TPSA) is 53.6 Å². The maximum Gasteiger partial charge on any atom is 0.257 e. The van der Waals surface area contributed by atoms with Crippen LogP contribution in [0, 0.1) is 6.92 Å². The number of ether oxygens (including phenoxy) is 1. The lowest BCUT2D eigenvalue weighted by molar-refractivity contribution is 0.0977. The highest BCUT2D eigenvalue weighted by atomic mass is 32.1. The minimum Gasteiger partial charge on any atom is -0.489 e. The van der Waals surface area contributed by atoms with Crippen molar-refractivity contribution >= 4 is 34.6 Å². The van der Waals surface area contributed by atoms with E-state index in [0.717, 1.165) is 29.9 Å². The quantitative estimate of drug-likeness (QED) is 0.444. The molecule has 0 unspecified atom stereocenters. The van der Waals surface area contributed by atoms with E-state index in [2.05, 4.69) is 41.5 Å². The minimum atomic E-state index is -0.287. The third kappa shape index (κ3) is 6.31. The van der Waals surface area contributed by atoms with Gasteiger partial charge in [0.25, 0.3) is 5.91 Å². The molecule has 5 nitrogen and oxygen atoms in total. The molecule has 2 N–H and O–H groups in total. The van der Waals surface area contributed by atoms with Crippen molar-refractivity contribution in [3.05, 3.63) is 89.5 Å². The summed E-state index contributed by atoms with van der Waals surface area (Å²) in [5.74, 6) is 0.341. The average molecular weight is 448 g/mol. The van der Waals surface area contributed by atoms with Gasteiger partial charge in [-0.25, -0.2) is 0 Å². The van der Waals surface area contributed by atoms with Gasteiger partial charge in [0.15, 0.2) is 5.11 Å². The van der Waals surface area contributed by atoms with E-state index >= 15 is 0 Å². The van der Waals surface area contributed by atoms with Crippen LogP contribution in [0.1, 0.15) is 35.3 Å². The number of hydrogen-bond acceptors (Lipinski definition) is 4. The summed E-state index contributed by atoms with van der Waals surface area (Å²) in [6, 6.07) is 23.1. The molecule has 0 radical (unpaired) electrons. The summed E-state index contributed by atoms with van der Waals surface area (Å²) >= 11 is 5.37. The van der Waals surface area contributed by atoms with Crippen LogP contribution in [0.5, 0.6) is 5.75 Å². The lowest BCUT2D eigenvalue weighted by Crippen LogP contribution is -2.34. The van der Waals surface area contributed by atoms with Crippen LogP contribution in [0.4, 0.5) is 11.4 Å². The Morgan fingerprint density at radius 3 is 2.41 bits per heavy atom. The summed E-state index contributed by atoms with van der Waals surface area (Å²) in [4.78, 5) is 15.0. The Hall–Kier alpha value is -3.38. The molecule has 0 aromatic heterocycles. The number of nitrogens with zero attached hydrogens (tertiary/aromatic N) is 1. The maximum absolute atomic E-state index is 12.7. The largest absolute Gasteiger partial charge is 0.489 e. The van der Waals surface area contributed by atoms with E-state index in [4.69, 9.17) is 17.0 Å². The molecular weight excluding hydrogens is 418 g/mol. The van der Waals surface area contributed by atoms with Crippen LogP contribution in [0.25, 0.3) is 0 Å². The Labute approximate surface area is 195 Å². The number of benzene rings is 3. The first-order chi connectivity index (χ1) is 15.5. The minimum absolute atomic E-state index is 0.254. The zero-order chi connectivity index (χ0) is 22.9. The molecule has 0 saturated heterocycles. The van der Waals surface area contributed by atoms with Gasteiger partial charge in [-0.1, -0.05) is 36.4 Å². The SMILES string of the molecule is CCN(CC)c1ccc(NC(=S)NC(=O)c2cccc(OCc3ccccc3)c2)c(C)c1. The zero-order valence-corrected chi connectivity index (χ0v) is 19.5. The van der Waals surface area contributed by atoms with Crippen LogP contribution in [-0.4, -0.2) is 24.1 Å². The second-order valence-electron chi connectivity index (χ2n) is 7.38. The van der Waals surface area contributed by atoms with Gasteiger partial charge in [0.05, 0.1) is 0 Å². The highest BCUT2D eigenvalue weighted by Gasteiger charge is 2.11. The number of carbonyl (C=O) groups excluding carboxylic acids is 1. The van der Waals surface area contributed by atoms with Crippen molar-refractivity contribution in [1.29, 1.82) is 0 Å². The summed E-state index contributed by atoms with van der Waals surface area (Å²) in [6.07, 6.45) is 0. The standard InChI is InChI=1S/C26H29N3O2S/c1-4-29(5-2)22-14-15-24(19(3)16-22)27-26(32)28-25(30)21-12-9-13-23(17-21)31-18-20-10-7-6-8-11-20/h6-17H,4-5,18H2,1-3H3,(H2,27,28,30,32). The Kier molecular flexibility index (Phi) is 8.22. The highest BCUT2D eigenvalue weighted by molar-refractivity contribution is 7.80. The molecule has 6 heteroatoms. The molecule has 0 atom stereocenters. The van der Waals surface area contributed by atoms with Gasteiger partial charge in [0, 0.05) is 30.0 Å². The van der Waals surface area contributed by atoms with Gasteiger partial charge in [-0.3, -0.25) is 10.1 Å². The molecule has 0 saturated carbocycles. The molecule has 1 amide bonds. The highest BCUT2D eigenvalue weighted by Crippen LogP contribution is 2.23.